The quantitative estimate of drug-likeness (QED) is 0.607. The van der Waals surface area contributed by atoms with Gasteiger partial charge in [0.2, 0.25) is 5.91 Å². The zero-order chi connectivity index (χ0) is 18.9. The third-order valence-corrected chi connectivity index (χ3v) is 7.01. The van der Waals surface area contributed by atoms with Crippen molar-refractivity contribution < 1.29 is 13.2 Å². The summed E-state index contributed by atoms with van der Waals surface area (Å²) in [7, 11) is -2.98. The zero-order valence-electron chi connectivity index (χ0n) is 14.9. The van der Waals surface area contributed by atoms with E-state index in [1.54, 1.807) is 10.9 Å². The molecule has 1 atom stereocenters. The van der Waals surface area contributed by atoms with E-state index >= 15 is 0 Å². The summed E-state index contributed by atoms with van der Waals surface area (Å²) in [5.74, 6) is 0.0847. The Morgan fingerprint density at radius 3 is 2.85 bits per heavy atom. The molecule has 0 aromatic carbocycles. The summed E-state index contributed by atoms with van der Waals surface area (Å²) < 4.78 is 25.2. The molecule has 3 rings (SSSR count). The molecule has 1 fully saturated rings. The number of thiazole rings is 1. The van der Waals surface area contributed by atoms with Gasteiger partial charge < -0.3 is 0 Å². The number of aromatic nitrogens is 3. The Kier molecular flexibility index (Phi) is 5.24. The van der Waals surface area contributed by atoms with Crippen molar-refractivity contribution >= 4 is 33.3 Å². The van der Waals surface area contributed by atoms with E-state index in [9.17, 15) is 13.2 Å². The summed E-state index contributed by atoms with van der Waals surface area (Å²) in [4.78, 5) is 16.2. The number of hydrogen-bond donors (Lipinski definition) is 1. The van der Waals surface area contributed by atoms with E-state index in [1.165, 1.54) is 11.3 Å². The van der Waals surface area contributed by atoms with Gasteiger partial charge in [-0.2, -0.15) is 10.2 Å². The van der Waals surface area contributed by atoms with Crippen LogP contribution in [0.2, 0.25) is 0 Å². The van der Waals surface area contributed by atoms with E-state index in [-0.39, 0.29) is 29.9 Å². The summed E-state index contributed by atoms with van der Waals surface area (Å²) in [5, 5.41) is 11.1. The highest BCUT2D eigenvalue weighted by Crippen LogP contribution is 2.26. The Morgan fingerprint density at radius 2 is 2.23 bits per heavy atom. The first-order valence-corrected chi connectivity index (χ1v) is 10.9. The van der Waals surface area contributed by atoms with Crippen molar-refractivity contribution in [1.82, 2.24) is 20.2 Å². The average Bonchev–Trinajstić information content (AvgIpc) is 3.20. The van der Waals surface area contributed by atoms with Crippen molar-refractivity contribution in [1.29, 1.82) is 0 Å². The van der Waals surface area contributed by atoms with Crippen molar-refractivity contribution in [3.8, 4) is 0 Å². The van der Waals surface area contributed by atoms with E-state index in [1.807, 2.05) is 26.2 Å². The Hall–Kier alpha value is -2.07. The molecule has 0 saturated carbocycles. The van der Waals surface area contributed by atoms with Gasteiger partial charge in [-0.25, -0.2) is 18.8 Å². The van der Waals surface area contributed by atoms with E-state index in [0.29, 0.717) is 6.42 Å². The van der Waals surface area contributed by atoms with Crippen molar-refractivity contribution in [2.45, 2.75) is 39.7 Å². The highest BCUT2D eigenvalue weighted by atomic mass is 32.2. The van der Waals surface area contributed by atoms with Gasteiger partial charge in [0.05, 0.1) is 35.9 Å². The maximum Gasteiger partial charge on any atom is 0.246 e. The minimum Gasteiger partial charge on any atom is -0.273 e. The van der Waals surface area contributed by atoms with Gasteiger partial charge in [0.25, 0.3) is 0 Å². The lowest BCUT2D eigenvalue weighted by Crippen LogP contribution is -2.19. The minimum absolute atomic E-state index is 0.121. The predicted octanol–water partition coefficient (Wildman–Crippen LogP) is 1.32. The number of nitrogens with one attached hydrogen (secondary N) is 1. The van der Waals surface area contributed by atoms with Crippen molar-refractivity contribution in [2.75, 3.05) is 11.5 Å². The molecule has 1 aliphatic rings. The number of aryl methyl sites for hydroxylation is 2. The standard InChI is InChI=1S/C16H21N5O3S2/c1-10-8-25-16(18-10)6-15(22)19-17-7-14-11(2)20-21(12(14)3)13-4-5-26(23,24)9-13/h7-8,13H,4-6,9H2,1-3H3,(H,19,22)/b17-7-/t13-/m0/s1. The average molecular weight is 396 g/mol. The van der Waals surface area contributed by atoms with Crippen LogP contribution in [0.1, 0.15) is 40.1 Å². The van der Waals surface area contributed by atoms with Crippen LogP contribution in [0.25, 0.3) is 0 Å². The molecule has 1 N–H and O–H groups in total. The fourth-order valence-electron chi connectivity index (χ4n) is 3.02. The number of sulfone groups is 1. The number of nitrogens with zero attached hydrogens (tertiary/aromatic N) is 4. The molecule has 0 spiro atoms. The Labute approximate surface area is 156 Å². The fraction of sp³-hybridized carbons (Fsp3) is 0.500. The molecule has 10 heteroatoms. The van der Waals surface area contributed by atoms with Gasteiger partial charge in [0, 0.05) is 22.3 Å². The smallest absolute Gasteiger partial charge is 0.246 e. The van der Waals surface area contributed by atoms with Crippen molar-refractivity contribution in [3.05, 3.63) is 33.0 Å². The van der Waals surface area contributed by atoms with E-state index in [4.69, 9.17) is 0 Å². The van der Waals surface area contributed by atoms with Crippen molar-refractivity contribution in [3.63, 3.8) is 0 Å². The summed E-state index contributed by atoms with van der Waals surface area (Å²) in [6.45, 7) is 5.61. The Balaban J connectivity index is 1.66. The topological polar surface area (TPSA) is 106 Å². The maximum atomic E-state index is 11.9. The molecule has 0 aliphatic carbocycles. The number of hydrazone groups is 1. The predicted molar refractivity (Wildman–Crippen MR) is 100 cm³/mol. The van der Waals surface area contributed by atoms with Gasteiger partial charge in [0.15, 0.2) is 9.84 Å². The van der Waals surface area contributed by atoms with Crippen LogP contribution in [0, 0.1) is 20.8 Å². The first-order chi connectivity index (χ1) is 12.2. The summed E-state index contributed by atoms with van der Waals surface area (Å²) in [6.07, 6.45) is 2.32. The van der Waals surface area contributed by atoms with Gasteiger partial charge in [-0.05, 0) is 27.2 Å². The first-order valence-electron chi connectivity index (χ1n) is 8.24. The molecule has 1 amide bonds. The zero-order valence-corrected chi connectivity index (χ0v) is 16.5. The molecule has 26 heavy (non-hydrogen) atoms. The second kappa shape index (κ2) is 7.28. The molecule has 0 unspecified atom stereocenters. The molecule has 140 valence electrons. The van der Waals surface area contributed by atoms with Gasteiger partial charge >= 0.3 is 0 Å². The van der Waals surface area contributed by atoms with Crippen LogP contribution in [0.15, 0.2) is 10.5 Å². The monoisotopic (exact) mass is 395 g/mol. The van der Waals surface area contributed by atoms with Crippen LogP contribution in [-0.2, 0) is 21.1 Å². The normalized spacial score (nSPS) is 19.3. The van der Waals surface area contributed by atoms with E-state index in [0.717, 1.165) is 27.7 Å². The number of rotatable bonds is 5. The van der Waals surface area contributed by atoms with Gasteiger partial charge in [-0.15, -0.1) is 11.3 Å². The van der Waals surface area contributed by atoms with Gasteiger partial charge in [-0.1, -0.05) is 0 Å². The second-order valence-corrected chi connectivity index (χ2v) is 9.61. The summed E-state index contributed by atoms with van der Waals surface area (Å²) in [5.41, 5.74) is 5.78. The summed E-state index contributed by atoms with van der Waals surface area (Å²) >= 11 is 1.44. The molecule has 8 nitrogen and oxygen atoms in total. The number of hydrogen-bond acceptors (Lipinski definition) is 7. The fourth-order valence-corrected chi connectivity index (χ4v) is 5.48. The lowest BCUT2D eigenvalue weighted by molar-refractivity contribution is -0.120. The van der Waals surface area contributed by atoms with E-state index < -0.39 is 9.84 Å². The lowest BCUT2D eigenvalue weighted by atomic mass is 10.2. The third-order valence-electron chi connectivity index (χ3n) is 4.30. The first kappa shape index (κ1) is 18.7. The largest absolute Gasteiger partial charge is 0.273 e. The molecule has 1 aliphatic heterocycles. The SMILES string of the molecule is Cc1csc(CC(=O)N/N=C\c2c(C)nn([C@H]3CCS(=O)(=O)C3)c2C)n1. The van der Waals surface area contributed by atoms with Crippen LogP contribution in [0.4, 0.5) is 0 Å². The van der Waals surface area contributed by atoms with E-state index in [2.05, 4.69) is 20.6 Å². The van der Waals surface area contributed by atoms with Crippen LogP contribution in [0.5, 0.6) is 0 Å². The molecule has 2 aromatic heterocycles. The minimum atomic E-state index is -2.98. The van der Waals surface area contributed by atoms with Gasteiger partial charge in [-0.3, -0.25) is 9.48 Å². The third kappa shape index (κ3) is 4.18. The molecular weight excluding hydrogens is 374 g/mol. The molecule has 0 bridgehead atoms. The number of carbonyl (C=O) groups excluding carboxylic acids is 1. The molecular formula is C16H21N5O3S2. The molecule has 3 heterocycles. The summed E-state index contributed by atoms with van der Waals surface area (Å²) in [6, 6.07) is -0.136. The Bertz CT molecular complexity index is 959. The highest BCUT2D eigenvalue weighted by molar-refractivity contribution is 7.91. The number of carbonyl (C=O) groups is 1. The van der Waals surface area contributed by atoms with Crippen LogP contribution in [-0.4, -0.2) is 46.8 Å². The van der Waals surface area contributed by atoms with Crippen LogP contribution >= 0.6 is 11.3 Å². The molecule has 0 radical (unpaired) electrons. The lowest BCUT2D eigenvalue weighted by Gasteiger charge is -2.10. The molecule has 2 aromatic rings. The molecule has 1 saturated heterocycles. The Morgan fingerprint density at radius 1 is 1.46 bits per heavy atom. The maximum absolute atomic E-state index is 11.9. The highest BCUT2D eigenvalue weighted by Gasteiger charge is 2.31. The van der Waals surface area contributed by atoms with Gasteiger partial charge in [0.1, 0.15) is 5.01 Å². The van der Waals surface area contributed by atoms with Crippen LogP contribution in [0.3, 0.4) is 0 Å². The van der Waals surface area contributed by atoms with Crippen LogP contribution < -0.4 is 5.43 Å². The van der Waals surface area contributed by atoms with Crippen molar-refractivity contribution in [2.24, 2.45) is 5.10 Å². The second-order valence-electron chi connectivity index (χ2n) is 6.44. The number of amides is 1.